The number of imidazole rings is 1. The van der Waals surface area contributed by atoms with Crippen molar-refractivity contribution in [1.29, 1.82) is 0 Å². The fourth-order valence-electron chi connectivity index (χ4n) is 1.64. The molecule has 5 heteroatoms. The molecule has 0 amide bonds. The minimum Gasteiger partial charge on any atom is -0.356 e. The van der Waals surface area contributed by atoms with E-state index in [9.17, 15) is 0 Å². The number of hydrogen-bond acceptors (Lipinski definition) is 2. The number of hydrogen-bond donors (Lipinski definition) is 1. The third kappa shape index (κ3) is 2.64. The maximum Gasteiger partial charge on any atom is 0.207 e. The molecule has 0 fully saturated rings. The van der Waals surface area contributed by atoms with Crippen LogP contribution in [0.15, 0.2) is 28.9 Å². The van der Waals surface area contributed by atoms with Gasteiger partial charge in [0.15, 0.2) is 0 Å². The molecule has 2 rings (SSSR count). The summed E-state index contributed by atoms with van der Waals surface area (Å²) >= 11 is 9.64. The first-order valence-electron chi connectivity index (χ1n) is 5.37. The number of aryl methyl sites for hydroxylation is 1. The van der Waals surface area contributed by atoms with Crippen molar-refractivity contribution in [3.05, 3.63) is 39.6 Å². The van der Waals surface area contributed by atoms with Gasteiger partial charge in [0.1, 0.15) is 0 Å². The summed E-state index contributed by atoms with van der Waals surface area (Å²) in [4.78, 5) is 4.42. The Kier molecular flexibility index (Phi) is 3.74. The maximum atomic E-state index is 6.24. The van der Waals surface area contributed by atoms with E-state index in [1.165, 1.54) is 0 Å². The second kappa shape index (κ2) is 5.10. The Morgan fingerprint density at radius 2 is 2.24 bits per heavy atom. The van der Waals surface area contributed by atoms with Crippen LogP contribution in [0.5, 0.6) is 0 Å². The van der Waals surface area contributed by atoms with E-state index in [-0.39, 0.29) is 0 Å². The van der Waals surface area contributed by atoms with E-state index >= 15 is 0 Å². The molecule has 0 saturated carbocycles. The Morgan fingerprint density at radius 3 is 2.88 bits per heavy atom. The van der Waals surface area contributed by atoms with Gasteiger partial charge >= 0.3 is 0 Å². The van der Waals surface area contributed by atoms with Crippen molar-refractivity contribution >= 4 is 33.5 Å². The van der Waals surface area contributed by atoms with Crippen LogP contribution in [0.3, 0.4) is 0 Å². The number of nitrogens with one attached hydrogen (secondary N) is 1. The van der Waals surface area contributed by atoms with Gasteiger partial charge in [-0.3, -0.25) is 4.57 Å². The van der Waals surface area contributed by atoms with Crippen molar-refractivity contribution in [3.8, 4) is 5.69 Å². The molecule has 0 radical (unpaired) electrons. The number of halogens is 2. The molecular weight excluding hydrogens is 302 g/mol. The van der Waals surface area contributed by atoms with Crippen LogP contribution in [0, 0.1) is 6.92 Å². The third-order valence-corrected chi connectivity index (χ3v) is 3.13. The first-order chi connectivity index (χ1) is 8.11. The van der Waals surface area contributed by atoms with Crippen molar-refractivity contribution < 1.29 is 0 Å². The van der Waals surface area contributed by atoms with E-state index in [4.69, 9.17) is 11.6 Å². The topological polar surface area (TPSA) is 29.9 Å². The number of rotatable bonds is 3. The van der Waals surface area contributed by atoms with Gasteiger partial charge in [-0.15, -0.1) is 0 Å². The van der Waals surface area contributed by atoms with Gasteiger partial charge in [-0.1, -0.05) is 27.5 Å². The van der Waals surface area contributed by atoms with Crippen molar-refractivity contribution in [3.63, 3.8) is 0 Å². The van der Waals surface area contributed by atoms with Crippen LogP contribution in [-0.4, -0.2) is 16.1 Å². The van der Waals surface area contributed by atoms with Crippen LogP contribution >= 0.6 is 27.5 Å². The summed E-state index contributed by atoms with van der Waals surface area (Å²) in [6, 6.07) is 5.81. The van der Waals surface area contributed by atoms with Gasteiger partial charge in [-0.25, -0.2) is 4.98 Å². The summed E-state index contributed by atoms with van der Waals surface area (Å²) in [6.07, 6.45) is 1.97. The Bertz CT molecular complexity index is 537. The van der Waals surface area contributed by atoms with E-state index in [0.29, 0.717) is 5.02 Å². The number of benzene rings is 1. The average molecular weight is 315 g/mol. The lowest BCUT2D eigenvalue weighted by atomic mass is 10.3. The summed E-state index contributed by atoms with van der Waals surface area (Å²) in [5.41, 5.74) is 1.88. The van der Waals surface area contributed by atoms with Gasteiger partial charge in [0.2, 0.25) is 5.95 Å². The average Bonchev–Trinajstić information content (AvgIpc) is 2.60. The van der Waals surface area contributed by atoms with Crippen LogP contribution in [-0.2, 0) is 0 Å². The summed E-state index contributed by atoms with van der Waals surface area (Å²) in [5, 5.41) is 3.91. The monoisotopic (exact) mass is 313 g/mol. The lowest BCUT2D eigenvalue weighted by Gasteiger charge is -2.10. The van der Waals surface area contributed by atoms with Gasteiger partial charge in [0, 0.05) is 17.2 Å². The first-order valence-corrected chi connectivity index (χ1v) is 6.54. The summed E-state index contributed by atoms with van der Waals surface area (Å²) in [5.74, 6) is 0.814. The third-order valence-electron chi connectivity index (χ3n) is 2.33. The summed E-state index contributed by atoms with van der Waals surface area (Å²) < 4.78 is 2.93. The molecule has 0 spiro atoms. The Balaban J connectivity index is 2.51. The minimum atomic E-state index is 0.691. The SMILES string of the molecule is CCNc1nc(C)cn1-c1ccc(Br)cc1Cl. The van der Waals surface area contributed by atoms with Crippen molar-refractivity contribution in [2.45, 2.75) is 13.8 Å². The molecule has 17 heavy (non-hydrogen) atoms. The van der Waals surface area contributed by atoms with Gasteiger partial charge in [0.05, 0.1) is 16.4 Å². The van der Waals surface area contributed by atoms with Crippen LogP contribution in [0.25, 0.3) is 5.69 Å². The zero-order valence-electron chi connectivity index (χ0n) is 9.67. The molecular formula is C12H13BrClN3. The van der Waals surface area contributed by atoms with E-state index in [2.05, 4.69) is 26.2 Å². The molecule has 2 aromatic rings. The Labute approximate surface area is 114 Å². The highest BCUT2D eigenvalue weighted by Gasteiger charge is 2.09. The van der Waals surface area contributed by atoms with Crippen LogP contribution in [0.2, 0.25) is 5.02 Å². The zero-order valence-corrected chi connectivity index (χ0v) is 12.0. The molecule has 0 aliphatic carbocycles. The number of nitrogens with zero attached hydrogens (tertiary/aromatic N) is 2. The predicted octanol–water partition coefficient (Wildman–Crippen LogP) is 4.03. The Morgan fingerprint density at radius 1 is 1.47 bits per heavy atom. The molecule has 1 aromatic heterocycles. The molecule has 1 aromatic carbocycles. The van der Waals surface area contributed by atoms with E-state index in [1.54, 1.807) is 0 Å². The Hall–Kier alpha value is -1.000. The predicted molar refractivity (Wildman–Crippen MR) is 75.2 cm³/mol. The fourth-order valence-corrected chi connectivity index (χ4v) is 2.41. The summed E-state index contributed by atoms with van der Waals surface area (Å²) in [7, 11) is 0. The number of aromatic nitrogens is 2. The van der Waals surface area contributed by atoms with Crippen molar-refractivity contribution in [2.75, 3.05) is 11.9 Å². The quantitative estimate of drug-likeness (QED) is 0.927. The lowest BCUT2D eigenvalue weighted by Crippen LogP contribution is -2.05. The van der Waals surface area contributed by atoms with Gasteiger partial charge < -0.3 is 5.32 Å². The lowest BCUT2D eigenvalue weighted by molar-refractivity contribution is 1.02. The normalized spacial score (nSPS) is 10.6. The summed E-state index contributed by atoms with van der Waals surface area (Å²) in [6.45, 7) is 4.83. The molecule has 1 heterocycles. The largest absolute Gasteiger partial charge is 0.356 e. The standard InChI is InChI=1S/C12H13BrClN3/c1-3-15-12-16-8(2)7-17(12)11-5-4-9(13)6-10(11)14/h4-7H,3H2,1-2H3,(H,15,16). The van der Waals surface area contributed by atoms with Gasteiger partial charge in [0.25, 0.3) is 0 Å². The van der Waals surface area contributed by atoms with Gasteiger partial charge in [-0.05, 0) is 32.0 Å². The van der Waals surface area contributed by atoms with E-state index in [0.717, 1.165) is 28.3 Å². The minimum absolute atomic E-state index is 0.691. The van der Waals surface area contributed by atoms with Crippen LogP contribution in [0.4, 0.5) is 5.95 Å². The molecule has 0 unspecified atom stereocenters. The highest BCUT2D eigenvalue weighted by Crippen LogP contribution is 2.27. The van der Waals surface area contributed by atoms with Gasteiger partial charge in [-0.2, -0.15) is 0 Å². The molecule has 0 aliphatic rings. The second-order valence-corrected chi connectivity index (χ2v) is 5.02. The molecule has 90 valence electrons. The molecule has 3 nitrogen and oxygen atoms in total. The highest BCUT2D eigenvalue weighted by molar-refractivity contribution is 9.10. The van der Waals surface area contributed by atoms with E-state index < -0.39 is 0 Å². The van der Waals surface area contributed by atoms with E-state index in [1.807, 2.05) is 42.8 Å². The molecule has 0 atom stereocenters. The van der Waals surface area contributed by atoms with Crippen LogP contribution < -0.4 is 5.32 Å². The first kappa shape index (κ1) is 12.5. The molecule has 0 saturated heterocycles. The maximum absolute atomic E-state index is 6.24. The zero-order chi connectivity index (χ0) is 12.4. The smallest absolute Gasteiger partial charge is 0.207 e. The van der Waals surface area contributed by atoms with Crippen LogP contribution in [0.1, 0.15) is 12.6 Å². The number of anilines is 1. The molecule has 1 N–H and O–H groups in total. The molecule has 0 aliphatic heterocycles. The van der Waals surface area contributed by atoms with Crippen molar-refractivity contribution in [1.82, 2.24) is 9.55 Å². The fraction of sp³-hybridized carbons (Fsp3) is 0.250. The second-order valence-electron chi connectivity index (χ2n) is 3.70. The van der Waals surface area contributed by atoms with Crippen molar-refractivity contribution in [2.24, 2.45) is 0 Å². The molecule has 0 bridgehead atoms. The highest BCUT2D eigenvalue weighted by atomic mass is 79.9.